The Balaban J connectivity index is 3.41. The van der Waals surface area contributed by atoms with E-state index in [2.05, 4.69) is 31.2 Å². The van der Waals surface area contributed by atoms with Crippen LogP contribution in [0, 0.1) is 0 Å². The molecular weight excluding hydrogens is 320 g/mol. The zero-order chi connectivity index (χ0) is 19.1. The Kier molecular flexibility index (Phi) is 19.7. The SMILES string of the molecule is CCCCC/C=C/CCCCCC/C=C/C=C/C=C/C=C/CCC(=O)O. The average molecular weight is 359 g/mol. The molecule has 0 unspecified atom stereocenters. The van der Waals surface area contributed by atoms with Crippen LogP contribution in [-0.2, 0) is 4.79 Å². The van der Waals surface area contributed by atoms with Crippen molar-refractivity contribution in [3.05, 3.63) is 60.8 Å². The summed E-state index contributed by atoms with van der Waals surface area (Å²) in [6.07, 6.45) is 34.3. The normalized spacial score (nSPS) is 12.7. The smallest absolute Gasteiger partial charge is 0.303 e. The summed E-state index contributed by atoms with van der Waals surface area (Å²) in [5.74, 6) is -0.752. The quantitative estimate of drug-likeness (QED) is 0.165. The summed E-state index contributed by atoms with van der Waals surface area (Å²) in [7, 11) is 0. The minimum absolute atomic E-state index is 0.193. The molecule has 0 atom stereocenters. The summed E-state index contributed by atoms with van der Waals surface area (Å²) in [6, 6.07) is 0. The van der Waals surface area contributed by atoms with Crippen molar-refractivity contribution < 1.29 is 9.90 Å². The zero-order valence-electron chi connectivity index (χ0n) is 16.6. The Labute approximate surface area is 161 Å². The van der Waals surface area contributed by atoms with Crippen molar-refractivity contribution in [2.75, 3.05) is 0 Å². The van der Waals surface area contributed by atoms with Gasteiger partial charge in [0.05, 0.1) is 0 Å². The molecule has 0 saturated heterocycles. The molecule has 0 aliphatic heterocycles. The first-order valence-electron chi connectivity index (χ1n) is 10.3. The van der Waals surface area contributed by atoms with Crippen LogP contribution in [0.15, 0.2) is 60.8 Å². The van der Waals surface area contributed by atoms with E-state index in [9.17, 15) is 4.79 Å². The summed E-state index contributed by atoms with van der Waals surface area (Å²) in [4.78, 5) is 10.3. The summed E-state index contributed by atoms with van der Waals surface area (Å²) in [5.41, 5.74) is 0. The van der Waals surface area contributed by atoms with Gasteiger partial charge in [-0.3, -0.25) is 4.79 Å². The number of rotatable bonds is 17. The van der Waals surface area contributed by atoms with Gasteiger partial charge in [0.25, 0.3) is 0 Å². The van der Waals surface area contributed by atoms with Gasteiger partial charge in [-0.05, 0) is 44.9 Å². The fourth-order valence-electron chi connectivity index (χ4n) is 2.44. The van der Waals surface area contributed by atoms with Gasteiger partial charge in [0, 0.05) is 6.42 Å². The summed E-state index contributed by atoms with van der Waals surface area (Å²) >= 11 is 0. The van der Waals surface area contributed by atoms with E-state index in [1.165, 1.54) is 57.8 Å². The molecule has 0 aromatic heterocycles. The second kappa shape index (κ2) is 21.2. The van der Waals surface area contributed by atoms with Gasteiger partial charge in [0.15, 0.2) is 0 Å². The van der Waals surface area contributed by atoms with E-state index in [4.69, 9.17) is 5.11 Å². The highest BCUT2D eigenvalue weighted by atomic mass is 16.4. The van der Waals surface area contributed by atoms with Gasteiger partial charge in [-0.2, -0.15) is 0 Å². The fraction of sp³-hybridized carbons (Fsp3) is 0.542. The van der Waals surface area contributed by atoms with Crippen molar-refractivity contribution in [2.45, 2.75) is 84.0 Å². The Bertz CT molecular complexity index is 453. The minimum Gasteiger partial charge on any atom is -0.481 e. The van der Waals surface area contributed by atoms with Gasteiger partial charge in [0.1, 0.15) is 0 Å². The summed E-state index contributed by atoms with van der Waals surface area (Å²) < 4.78 is 0. The average Bonchev–Trinajstić information content (AvgIpc) is 2.62. The first-order valence-corrected chi connectivity index (χ1v) is 10.3. The molecule has 0 aliphatic rings. The largest absolute Gasteiger partial charge is 0.481 e. The number of unbranched alkanes of at least 4 members (excludes halogenated alkanes) is 8. The van der Waals surface area contributed by atoms with Crippen molar-refractivity contribution in [1.82, 2.24) is 0 Å². The molecule has 0 aliphatic carbocycles. The van der Waals surface area contributed by atoms with E-state index in [1.807, 2.05) is 36.5 Å². The predicted molar refractivity (Wildman–Crippen MR) is 114 cm³/mol. The maximum absolute atomic E-state index is 10.3. The van der Waals surface area contributed by atoms with Gasteiger partial charge in [-0.15, -0.1) is 0 Å². The molecule has 0 bridgehead atoms. The molecule has 0 radical (unpaired) electrons. The third kappa shape index (κ3) is 22.2. The number of carboxylic acids is 1. The maximum atomic E-state index is 10.3. The van der Waals surface area contributed by atoms with Crippen LogP contribution in [-0.4, -0.2) is 11.1 Å². The summed E-state index contributed by atoms with van der Waals surface area (Å²) in [5, 5.41) is 8.50. The Morgan fingerprint density at radius 2 is 1.08 bits per heavy atom. The molecular formula is C24H38O2. The lowest BCUT2D eigenvalue weighted by atomic mass is 10.1. The van der Waals surface area contributed by atoms with Crippen LogP contribution >= 0.6 is 0 Å². The molecule has 0 rings (SSSR count). The number of carbonyl (C=O) groups is 1. The predicted octanol–water partition coefficient (Wildman–Crippen LogP) is 7.55. The Hall–Kier alpha value is -1.83. The van der Waals surface area contributed by atoms with Gasteiger partial charge in [0.2, 0.25) is 0 Å². The molecule has 2 nitrogen and oxygen atoms in total. The van der Waals surface area contributed by atoms with Gasteiger partial charge in [-0.1, -0.05) is 93.4 Å². The van der Waals surface area contributed by atoms with E-state index >= 15 is 0 Å². The van der Waals surface area contributed by atoms with Gasteiger partial charge >= 0.3 is 5.97 Å². The molecule has 0 saturated carbocycles. The lowest BCUT2D eigenvalue weighted by Gasteiger charge is -1.97. The molecule has 2 heteroatoms. The van der Waals surface area contributed by atoms with Gasteiger partial charge < -0.3 is 5.11 Å². The van der Waals surface area contributed by atoms with Crippen LogP contribution in [0.2, 0.25) is 0 Å². The molecule has 26 heavy (non-hydrogen) atoms. The van der Waals surface area contributed by atoms with Crippen LogP contribution in [0.5, 0.6) is 0 Å². The van der Waals surface area contributed by atoms with Crippen molar-refractivity contribution in [3.63, 3.8) is 0 Å². The van der Waals surface area contributed by atoms with Crippen LogP contribution < -0.4 is 0 Å². The highest BCUT2D eigenvalue weighted by Gasteiger charge is 1.90. The van der Waals surface area contributed by atoms with Crippen LogP contribution in [0.4, 0.5) is 0 Å². The highest BCUT2D eigenvalue weighted by Crippen LogP contribution is 2.07. The maximum Gasteiger partial charge on any atom is 0.303 e. The number of carboxylic acid groups (broad SMARTS) is 1. The van der Waals surface area contributed by atoms with Crippen molar-refractivity contribution >= 4 is 5.97 Å². The van der Waals surface area contributed by atoms with E-state index in [1.54, 1.807) is 0 Å². The van der Waals surface area contributed by atoms with E-state index < -0.39 is 5.97 Å². The third-order valence-electron chi connectivity index (χ3n) is 3.99. The fourth-order valence-corrected chi connectivity index (χ4v) is 2.44. The topological polar surface area (TPSA) is 37.3 Å². The number of aliphatic carboxylic acids is 1. The molecule has 0 spiro atoms. The first kappa shape index (κ1) is 24.2. The third-order valence-corrected chi connectivity index (χ3v) is 3.99. The zero-order valence-corrected chi connectivity index (χ0v) is 16.6. The van der Waals surface area contributed by atoms with Crippen LogP contribution in [0.3, 0.4) is 0 Å². The monoisotopic (exact) mass is 358 g/mol. The number of hydrogen-bond donors (Lipinski definition) is 1. The Morgan fingerprint density at radius 3 is 1.62 bits per heavy atom. The van der Waals surface area contributed by atoms with Gasteiger partial charge in [-0.25, -0.2) is 0 Å². The standard InChI is InChI=1S/C24H38O2/c1-2-3-4-5-6-7-8-9-10-11-12-13-14-15-16-17-18-19-20-21-22-23-24(25)26/h6-7,14-21H,2-5,8-13,22-23H2,1H3,(H,25,26)/b7-6+,15-14+,17-16+,19-18+,21-20+. The number of allylic oxidation sites excluding steroid dienone is 10. The van der Waals surface area contributed by atoms with Crippen molar-refractivity contribution in [1.29, 1.82) is 0 Å². The van der Waals surface area contributed by atoms with E-state index in [0.717, 1.165) is 6.42 Å². The Morgan fingerprint density at radius 1 is 0.615 bits per heavy atom. The van der Waals surface area contributed by atoms with Crippen LogP contribution in [0.25, 0.3) is 0 Å². The van der Waals surface area contributed by atoms with Crippen molar-refractivity contribution in [3.8, 4) is 0 Å². The number of hydrogen-bond acceptors (Lipinski definition) is 1. The second-order valence-corrected chi connectivity index (χ2v) is 6.52. The molecule has 0 fully saturated rings. The summed E-state index contributed by atoms with van der Waals surface area (Å²) in [6.45, 7) is 2.25. The molecule has 146 valence electrons. The lowest BCUT2D eigenvalue weighted by molar-refractivity contribution is -0.136. The molecule has 0 amide bonds. The molecule has 1 N–H and O–H groups in total. The highest BCUT2D eigenvalue weighted by molar-refractivity contribution is 5.66. The molecule has 0 aromatic carbocycles. The van der Waals surface area contributed by atoms with E-state index in [-0.39, 0.29) is 6.42 Å². The van der Waals surface area contributed by atoms with Crippen molar-refractivity contribution in [2.24, 2.45) is 0 Å². The first-order chi connectivity index (χ1) is 12.8. The van der Waals surface area contributed by atoms with E-state index in [0.29, 0.717) is 6.42 Å². The minimum atomic E-state index is -0.752. The molecule has 0 aromatic rings. The molecule has 0 heterocycles. The van der Waals surface area contributed by atoms with Crippen LogP contribution in [0.1, 0.15) is 84.0 Å². The lowest BCUT2D eigenvalue weighted by Crippen LogP contribution is -1.91. The second-order valence-electron chi connectivity index (χ2n) is 6.52.